The highest BCUT2D eigenvalue weighted by Crippen LogP contribution is 2.31. The van der Waals surface area contributed by atoms with E-state index in [-0.39, 0.29) is 21.2 Å². The quantitative estimate of drug-likeness (QED) is 0.258. The van der Waals surface area contributed by atoms with Gasteiger partial charge in [-0.3, -0.25) is 13.8 Å². The molecule has 0 aliphatic rings. The van der Waals surface area contributed by atoms with Crippen LogP contribution in [-0.4, -0.2) is 43.5 Å². The molecule has 0 bridgehead atoms. The Kier molecular flexibility index (Phi) is 8.84. The molecule has 4 rings (SSSR count). The normalized spacial score (nSPS) is 11.4. The number of carbonyl (C=O) groups is 1. The standard InChI is InChI=1S/C29H29N3O7S2/c1-21-9-13-23(14-10-21)32(41(36,37)26-7-5-4-6-8-26)20-29(33)30-22-11-16-25(17-12-22)40(34,35)31-27-19-24(38-2)15-18-28(27)39-3/h4-19,31H,20H2,1-3H3,(H,30,33). The van der Waals surface area contributed by atoms with Crippen molar-refractivity contribution in [1.82, 2.24) is 0 Å². The van der Waals surface area contributed by atoms with Crippen molar-refractivity contribution < 1.29 is 31.1 Å². The molecule has 0 heterocycles. The molecule has 10 nitrogen and oxygen atoms in total. The van der Waals surface area contributed by atoms with E-state index in [1.54, 1.807) is 54.6 Å². The molecule has 4 aromatic rings. The van der Waals surface area contributed by atoms with Gasteiger partial charge >= 0.3 is 0 Å². The number of carbonyl (C=O) groups excluding carboxylic acids is 1. The summed E-state index contributed by atoms with van der Waals surface area (Å²) in [5.74, 6) is 0.136. The van der Waals surface area contributed by atoms with Crippen molar-refractivity contribution in [3.63, 3.8) is 0 Å². The number of amides is 1. The van der Waals surface area contributed by atoms with Crippen molar-refractivity contribution in [3.8, 4) is 11.5 Å². The third-order valence-corrected chi connectivity index (χ3v) is 9.21. The summed E-state index contributed by atoms with van der Waals surface area (Å²) >= 11 is 0. The minimum absolute atomic E-state index is 0.0445. The van der Waals surface area contributed by atoms with Crippen LogP contribution in [0.4, 0.5) is 17.1 Å². The summed E-state index contributed by atoms with van der Waals surface area (Å²) in [5, 5.41) is 2.64. The van der Waals surface area contributed by atoms with Crippen LogP contribution in [0.3, 0.4) is 0 Å². The first-order valence-electron chi connectivity index (χ1n) is 12.3. The van der Waals surface area contributed by atoms with Gasteiger partial charge < -0.3 is 14.8 Å². The Bertz CT molecular complexity index is 1730. The fourth-order valence-corrected chi connectivity index (χ4v) is 6.39. The van der Waals surface area contributed by atoms with Crippen molar-refractivity contribution in [3.05, 3.63) is 103 Å². The minimum Gasteiger partial charge on any atom is -0.497 e. The summed E-state index contributed by atoms with van der Waals surface area (Å²) in [4.78, 5) is 13.0. The Morgan fingerprint density at radius 2 is 1.44 bits per heavy atom. The second kappa shape index (κ2) is 12.3. The van der Waals surface area contributed by atoms with E-state index in [1.807, 2.05) is 6.92 Å². The lowest BCUT2D eigenvalue weighted by molar-refractivity contribution is -0.114. The van der Waals surface area contributed by atoms with Gasteiger partial charge in [0, 0.05) is 11.8 Å². The lowest BCUT2D eigenvalue weighted by Crippen LogP contribution is -2.38. The second-order valence-electron chi connectivity index (χ2n) is 8.90. The number of nitrogens with zero attached hydrogens (tertiary/aromatic N) is 1. The SMILES string of the molecule is COc1ccc(OC)c(NS(=O)(=O)c2ccc(NC(=O)CN(c3ccc(C)cc3)S(=O)(=O)c3ccccc3)cc2)c1. The minimum atomic E-state index is -4.06. The van der Waals surface area contributed by atoms with Crippen LogP contribution >= 0.6 is 0 Å². The molecule has 0 aliphatic carbocycles. The number of anilines is 3. The third kappa shape index (κ3) is 6.97. The smallest absolute Gasteiger partial charge is 0.264 e. The third-order valence-electron chi connectivity index (χ3n) is 6.04. The number of hydrogen-bond acceptors (Lipinski definition) is 7. The van der Waals surface area contributed by atoms with Gasteiger partial charge in [-0.15, -0.1) is 0 Å². The molecule has 0 atom stereocenters. The molecular formula is C29H29N3O7S2. The Morgan fingerprint density at radius 1 is 0.780 bits per heavy atom. The lowest BCUT2D eigenvalue weighted by atomic mass is 10.2. The Morgan fingerprint density at radius 3 is 2.05 bits per heavy atom. The molecule has 0 fully saturated rings. The average Bonchev–Trinajstić information content (AvgIpc) is 2.97. The summed E-state index contributed by atoms with van der Waals surface area (Å²) in [7, 11) is -5.18. The summed E-state index contributed by atoms with van der Waals surface area (Å²) in [6.45, 7) is 1.37. The highest BCUT2D eigenvalue weighted by molar-refractivity contribution is 7.93. The molecule has 0 unspecified atom stereocenters. The van der Waals surface area contributed by atoms with Gasteiger partial charge in [0.15, 0.2) is 0 Å². The van der Waals surface area contributed by atoms with Crippen LogP contribution < -0.4 is 23.8 Å². The summed E-state index contributed by atoms with van der Waals surface area (Å²) < 4.78 is 66.8. The van der Waals surface area contributed by atoms with Crippen LogP contribution in [0.5, 0.6) is 11.5 Å². The highest BCUT2D eigenvalue weighted by atomic mass is 32.2. The number of ether oxygens (including phenoxy) is 2. The van der Waals surface area contributed by atoms with Gasteiger partial charge in [0.1, 0.15) is 18.0 Å². The maximum absolute atomic E-state index is 13.5. The van der Waals surface area contributed by atoms with Crippen molar-refractivity contribution in [2.45, 2.75) is 16.7 Å². The average molecular weight is 596 g/mol. The number of methoxy groups -OCH3 is 2. The first-order chi connectivity index (χ1) is 19.5. The van der Waals surface area contributed by atoms with Crippen LogP contribution in [0.2, 0.25) is 0 Å². The molecule has 41 heavy (non-hydrogen) atoms. The molecule has 0 aromatic heterocycles. The van der Waals surface area contributed by atoms with Gasteiger partial charge in [0.05, 0.1) is 35.4 Å². The molecule has 4 aromatic carbocycles. The molecule has 0 spiro atoms. The van der Waals surface area contributed by atoms with Gasteiger partial charge in [-0.25, -0.2) is 16.8 Å². The van der Waals surface area contributed by atoms with Crippen molar-refractivity contribution in [2.75, 3.05) is 35.1 Å². The number of benzene rings is 4. The van der Waals surface area contributed by atoms with E-state index in [0.29, 0.717) is 17.2 Å². The van der Waals surface area contributed by atoms with E-state index in [4.69, 9.17) is 9.47 Å². The molecule has 0 aliphatic heterocycles. The number of hydrogen-bond donors (Lipinski definition) is 2. The van der Waals surface area contributed by atoms with E-state index in [2.05, 4.69) is 10.0 Å². The molecule has 0 saturated heterocycles. The lowest BCUT2D eigenvalue weighted by Gasteiger charge is -2.24. The van der Waals surface area contributed by atoms with E-state index in [9.17, 15) is 21.6 Å². The molecular weight excluding hydrogens is 566 g/mol. The second-order valence-corrected chi connectivity index (χ2v) is 12.4. The number of aryl methyl sites for hydroxylation is 1. The Hall–Kier alpha value is -4.55. The largest absolute Gasteiger partial charge is 0.497 e. The van der Waals surface area contributed by atoms with Crippen molar-refractivity contribution in [2.24, 2.45) is 0 Å². The Labute approximate surface area is 239 Å². The van der Waals surface area contributed by atoms with Gasteiger partial charge in [-0.2, -0.15) is 0 Å². The highest BCUT2D eigenvalue weighted by Gasteiger charge is 2.27. The maximum atomic E-state index is 13.5. The van der Waals surface area contributed by atoms with E-state index >= 15 is 0 Å². The molecule has 2 N–H and O–H groups in total. The predicted octanol–water partition coefficient (Wildman–Crippen LogP) is 4.65. The van der Waals surface area contributed by atoms with Gasteiger partial charge in [0.25, 0.3) is 20.0 Å². The van der Waals surface area contributed by atoms with Gasteiger partial charge in [-0.1, -0.05) is 35.9 Å². The number of rotatable bonds is 11. The fraction of sp³-hybridized carbons (Fsp3) is 0.138. The van der Waals surface area contributed by atoms with Crippen LogP contribution in [0.25, 0.3) is 0 Å². The number of nitrogens with one attached hydrogen (secondary N) is 2. The number of sulfonamides is 2. The summed E-state index contributed by atoms with van der Waals surface area (Å²) in [6, 6.07) is 24.8. The van der Waals surface area contributed by atoms with E-state index in [1.165, 1.54) is 56.7 Å². The molecule has 12 heteroatoms. The summed E-state index contributed by atoms with van der Waals surface area (Å²) in [5.41, 5.74) is 1.74. The first-order valence-corrected chi connectivity index (χ1v) is 15.2. The molecule has 214 valence electrons. The van der Waals surface area contributed by atoms with Crippen molar-refractivity contribution >= 4 is 43.0 Å². The predicted molar refractivity (Wildman–Crippen MR) is 158 cm³/mol. The first kappa shape index (κ1) is 29.4. The van der Waals surface area contributed by atoms with Crippen LogP contribution in [0.15, 0.2) is 107 Å². The maximum Gasteiger partial charge on any atom is 0.264 e. The van der Waals surface area contributed by atoms with E-state index in [0.717, 1.165) is 9.87 Å². The molecule has 1 amide bonds. The van der Waals surface area contributed by atoms with Crippen molar-refractivity contribution in [1.29, 1.82) is 0 Å². The molecule has 0 saturated carbocycles. The van der Waals surface area contributed by atoms with E-state index < -0.39 is 32.5 Å². The zero-order valence-corrected chi connectivity index (χ0v) is 24.2. The topological polar surface area (TPSA) is 131 Å². The monoisotopic (exact) mass is 595 g/mol. The zero-order chi connectivity index (χ0) is 29.6. The zero-order valence-electron chi connectivity index (χ0n) is 22.6. The summed E-state index contributed by atoms with van der Waals surface area (Å²) in [6.07, 6.45) is 0. The van der Waals surface area contributed by atoms with Crippen LogP contribution in [0.1, 0.15) is 5.56 Å². The fourth-order valence-electron chi connectivity index (χ4n) is 3.89. The molecule has 0 radical (unpaired) electrons. The van der Waals surface area contributed by atoms with Crippen LogP contribution in [0, 0.1) is 6.92 Å². The van der Waals surface area contributed by atoms with Gasteiger partial charge in [0.2, 0.25) is 5.91 Å². The van der Waals surface area contributed by atoms with Gasteiger partial charge in [-0.05, 0) is 67.6 Å². The Balaban J connectivity index is 1.52. The van der Waals surface area contributed by atoms with Crippen LogP contribution in [-0.2, 0) is 24.8 Å².